The van der Waals surface area contributed by atoms with Crippen molar-refractivity contribution in [3.05, 3.63) is 59.2 Å². The molecule has 1 N–H and O–H groups in total. The van der Waals surface area contributed by atoms with Gasteiger partial charge in [-0.3, -0.25) is 4.79 Å². The highest BCUT2D eigenvalue weighted by atomic mass is 16.5. The summed E-state index contributed by atoms with van der Waals surface area (Å²) in [7, 11) is 0. The van der Waals surface area contributed by atoms with Crippen LogP contribution in [0.3, 0.4) is 0 Å². The molecule has 0 saturated heterocycles. The monoisotopic (exact) mass is 367 g/mol. The zero-order valence-electron chi connectivity index (χ0n) is 15.8. The number of rotatable bonds is 6. The smallest absolute Gasteiger partial charge is 0.338 e. The quantitative estimate of drug-likeness (QED) is 0.779. The van der Waals surface area contributed by atoms with E-state index in [1.54, 1.807) is 38.1 Å². The predicted molar refractivity (Wildman–Crippen MR) is 104 cm³/mol. The Morgan fingerprint density at radius 1 is 1.11 bits per heavy atom. The number of benzene rings is 2. The Hall–Kier alpha value is -2.82. The maximum absolute atomic E-state index is 12.5. The van der Waals surface area contributed by atoms with E-state index < -0.39 is 12.1 Å². The molecule has 0 bridgehead atoms. The molecule has 1 atom stereocenters. The van der Waals surface area contributed by atoms with Gasteiger partial charge in [-0.25, -0.2) is 4.79 Å². The molecular formula is C22H25NO4. The molecule has 1 aliphatic rings. The Kier molecular flexibility index (Phi) is 6.12. The van der Waals surface area contributed by atoms with Crippen LogP contribution in [0.15, 0.2) is 42.5 Å². The molecule has 0 aliphatic heterocycles. The van der Waals surface area contributed by atoms with Gasteiger partial charge in [0.15, 0.2) is 6.10 Å². The molecule has 1 amide bonds. The Balaban J connectivity index is 1.67. The molecule has 5 nitrogen and oxygen atoms in total. The first kappa shape index (κ1) is 19.0. The molecule has 0 saturated carbocycles. The summed E-state index contributed by atoms with van der Waals surface area (Å²) in [5, 5.41) is 2.81. The first-order valence-electron chi connectivity index (χ1n) is 9.44. The van der Waals surface area contributed by atoms with Gasteiger partial charge in [0.25, 0.3) is 5.91 Å². The molecule has 0 unspecified atom stereocenters. The number of amides is 1. The number of fused-ring (bicyclic) bond motifs is 1. The van der Waals surface area contributed by atoms with Gasteiger partial charge in [0, 0.05) is 5.69 Å². The number of aryl methyl sites for hydroxylation is 1. The average Bonchev–Trinajstić information content (AvgIpc) is 2.68. The molecule has 5 heteroatoms. The minimum Gasteiger partial charge on any atom is -0.481 e. The van der Waals surface area contributed by atoms with Crippen molar-refractivity contribution in [2.24, 2.45) is 0 Å². The minimum atomic E-state index is -0.648. The van der Waals surface area contributed by atoms with Crippen molar-refractivity contribution in [1.29, 1.82) is 0 Å². The lowest BCUT2D eigenvalue weighted by molar-refractivity contribution is -0.122. The molecule has 0 fully saturated rings. The highest BCUT2D eigenvalue weighted by Gasteiger charge is 2.20. The molecular weight excluding hydrogens is 342 g/mol. The van der Waals surface area contributed by atoms with Crippen molar-refractivity contribution in [1.82, 2.24) is 0 Å². The normalized spacial score (nSPS) is 14.0. The Labute approximate surface area is 159 Å². The minimum absolute atomic E-state index is 0.260. The van der Waals surface area contributed by atoms with E-state index in [1.807, 2.05) is 12.1 Å². The summed E-state index contributed by atoms with van der Waals surface area (Å²) in [5.74, 6) is 0.119. The van der Waals surface area contributed by atoms with Gasteiger partial charge in [0.1, 0.15) is 5.75 Å². The maximum atomic E-state index is 12.5. The molecule has 27 heavy (non-hydrogen) atoms. The highest BCUT2D eigenvalue weighted by Crippen LogP contribution is 2.30. The van der Waals surface area contributed by atoms with Gasteiger partial charge >= 0.3 is 5.97 Å². The summed E-state index contributed by atoms with van der Waals surface area (Å²) in [5.41, 5.74) is 3.47. The van der Waals surface area contributed by atoms with E-state index in [1.165, 1.54) is 17.5 Å². The molecule has 142 valence electrons. The van der Waals surface area contributed by atoms with E-state index in [9.17, 15) is 9.59 Å². The zero-order valence-corrected chi connectivity index (χ0v) is 15.8. The predicted octanol–water partition coefficient (Wildman–Crippen LogP) is 4.15. The molecule has 3 rings (SSSR count). The summed E-state index contributed by atoms with van der Waals surface area (Å²) < 4.78 is 11.0. The van der Waals surface area contributed by atoms with Gasteiger partial charge < -0.3 is 14.8 Å². The van der Waals surface area contributed by atoms with Crippen LogP contribution in [0.2, 0.25) is 0 Å². The maximum Gasteiger partial charge on any atom is 0.338 e. The van der Waals surface area contributed by atoms with E-state index in [2.05, 4.69) is 11.4 Å². The summed E-state index contributed by atoms with van der Waals surface area (Å²) in [6.07, 6.45) is 3.75. The molecule has 2 aromatic rings. The van der Waals surface area contributed by atoms with Crippen molar-refractivity contribution in [2.45, 2.75) is 45.6 Å². The van der Waals surface area contributed by atoms with E-state index >= 15 is 0 Å². The lowest BCUT2D eigenvalue weighted by Gasteiger charge is -2.22. The number of ether oxygens (including phenoxy) is 2. The summed E-state index contributed by atoms with van der Waals surface area (Å²) >= 11 is 0. The van der Waals surface area contributed by atoms with Crippen molar-refractivity contribution >= 4 is 17.6 Å². The van der Waals surface area contributed by atoms with Crippen LogP contribution in [-0.2, 0) is 22.4 Å². The molecule has 1 aliphatic carbocycles. The Morgan fingerprint density at radius 2 is 1.89 bits per heavy atom. The first-order valence-corrected chi connectivity index (χ1v) is 9.44. The molecule has 0 aromatic heterocycles. The SMILES string of the molecule is CCOC(=O)c1cccc(NC(=O)[C@@H](C)Oc2cccc3c2CCCC3)c1. The summed E-state index contributed by atoms with van der Waals surface area (Å²) in [6, 6.07) is 12.7. The van der Waals surface area contributed by atoms with E-state index in [0.29, 0.717) is 17.9 Å². The fourth-order valence-electron chi connectivity index (χ4n) is 3.28. The van der Waals surface area contributed by atoms with Crippen molar-refractivity contribution < 1.29 is 19.1 Å². The lowest BCUT2D eigenvalue weighted by Crippen LogP contribution is -2.30. The van der Waals surface area contributed by atoms with Crippen LogP contribution < -0.4 is 10.1 Å². The summed E-state index contributed by atoms with van der Waals surface area (Å²) in [6.45, 7) is 3.79. The third-order valence-corrected chi connectivity index (χ3v) is 4.67. The highest BCUT2D eigenvalue weighted by molar-refractivity contribution is 5.96. The fourth-order valence-corrected chi connectivity index (χ4v) is 3.28. The second-order valence-corrected chi connectivity index (χ2v) is 6.65. The van der Waals surface area contributed by atoms with Crippen LogP contribution in [0.25, 0.3) is 0 Å². The standard InChI is InChI=1S/C22H25NO4/c1-3-26-22(25)17-10-6-11-18(14-17)23-21(24)15(2)27-20-13-7-9-16-8-4-5-12-19(16)20/h6-7,9-11,13-15H,3-5,8,12H2,1-2H3,(H,23,24)/t15-/m1/s1. The number of hydrogen-bond acceptors (Lipinski definition) is 4. The van der Waals surface area contributed by atoms with Crippen LogP contribution in [0, 0.1) is 0 Å². The number of esters is 1. The third-order valence-electron chi connectivity index (χ3n) is 4.67. The van der Waals surface area contributed by atoms with Gasteiger partial charge in [-0.1, -0.05) is 18.2 Å². The number of carbonyl (C=O) groups excluding carboxylic acids is 2. The number of anilines is 1. The van der Waals surface area contributed by atoms with Crippen LogP contribution in [0.1, 0.15) is 48.2 Å². The second kappa shape index (κ2) is 8.71. The van der Waals surface area contributed by atoms with Crippen LogP contribution in [0.5, 0.6) is 5.75 Å². The molecule has 0 spiro atoms. The van der Waals surface area contributed by atoms with Gasteiger partial charge in [-0.05, 0) is 74.9 Å². The topological polar surface area (TPSA) is 64.6 Å². The van der Waals surface area contributed by atoms with E-state index in [-0.39, 0.29) is 5.91 Å². The summed E-state index contributed by atoms with van der Waals surface area (Å²) in [4.78, 5) is 24.4. The average molecular weight is 367 g/mol. The van der Waals surface area contributed by atoms with Gasteiger partial charge in [-0.15, -0.1) is 0 Å². The van der Waals surface area contributed by atoms with Crippen LogP contribution >= 0.6 is 0 Å². The second-order valence-electron chi connectivity index (χ2n) is 6.65. The van der Waals surface area contributed by atoms with Crippen molar-refractivity contribution in [3.63, 3.8) is 0 Å². The van der Waals surface area contributed by atoms with Crippen molar-refractivity contribution in [3.8, 4) is 5.75 Å². The molecule has 2 aromatic carbocycles. The Bertz CT molecular complexity index is 831. The Morgan fingerprint density at radius 3 is 2.70 bits per heavy atom. The van der Waals surface area contributed by atoms with Gasteiger partial charge in [0.05, 0.1) is 12.2 Å². The number of hydrogen-bond donors (Lipinski definition) is 1. The van der Waals surface area contributed by atoms with Crippen molar-refractivity contribution in [2.75, 3.05) is 11.9 Å². The molecule has 0 radical (unpaired) electrons. The van der Waals surface area contributed by atoms with E-state index in [0.717, 1.165) is 25.0 Å². The lowest BCUT2D eigenvalue weighted by atomic mass is 9.91. The molecule has 0 heterocycles. The number of carbonyl (C=O) groups is 2. The first-order chi connectivity index (χ1) is 13.1. The largest absolute Gasteiger partial charge is 0.481 e. The fraction of sp³-hybridized carbons (Fsp3) is 0.364. The third kappa shape index (κ3) is 4.67. The zero-order chi connectivity index (χ0) is 19.2. The van der Waals surface area contributed by atoms with E-state index in [4.69, 9.17) is 9.47 Å². The van der Waals surface area contributed by atoms with Crippen LogP contribution in [0.4, 0.5) is 5.69 Å². The van der Waals surface area contributed by atoms with Gasteiger partial charge in [-0.2, -0.15) is 0 Å². The van der Waals surface area contributed by atoms with Gasteiger partial charge in [0.2, 0.25) is 0 Å². The van der Waals surface area contributed by atoms with Crippen LogP contribution in [-0.4, -0.2) is 24.6 Å². The number of nitrogens with one attached hydrogen (secondary N) is 1.